The number of hydrogen-bond donors (Lipinski definition) is 3. The van der Waals surface area contributed by atoms with Crippen LogP contribution >= 0.6 is 0 Å². The highest BCUT2D eigenvalue weighted by Gasteiger charge is 2.09. The molecular formula is C21H22N4O2. The van der Waals surface area contributed by atoms with Crippen LogP contribution in [0.1, 0.15) is 34.2 Å². The van der Waals surface area contributed by atoms with E-state index in [1.54, 1.807) is 24.3 Å². The number of nitrogens with one attached hydrogen (secondary N) is 2. The van der Waals surface area contributed by atoms with E-state index in [-0.39, 0.29) is 5.56 Å². The first-order valence-electron chi connectivity index (χ1n) is 8.78. The van der Waals surface area contributed by atoms with E-state index in [1.165, 1.54) is 5.56 Å². The van der Waals surface area contributed by atoms with Crippen molar-refractivity contribution in [1.82, 2.24) is 9.97 Å². The predicted molar refractivity (Wildman–Crippen MR) is 107 cm³/mol. The van der Waals surface area contributed by atoms with Crippen LogP contribution in [0.2, 0.25) is 0 Å². The number of nitrogens with zero attached hydrogens (tertiary/aromatic N) is 2. The Morgan fingerprint density at radius 2 is 1.70 bits per heavy atom. The zero-order valence-corrected chi connectivity index (χ0v) is 15.6. The van der Waals surface area contributed by atoms with Gasteiger partial charge in [-0.15, -0.1) is 0 Å². The third-order valence-electron chi connectivity index (χ3n) is 4.21. The summed E-state index contributed by atoms with van der Waals surface area (Å²) in [6.07, 6.45) is 0.918. The average molecular weight is 362 g/mol. The molecule has 0 bridgehead atoms. The zero-order chi connectivity index (χ0) is 19.4. The molecular weight excluding hydrogens is 340 g/mol. The van der Waals surface area contributed by atoms with Gasteiger partial charge in [0.2, 0.25) is 0 Å². The third-order valence-corrected chi connectivity index (χ3v) is 4.21. The van der Waals surface area contributed by atoms with E-state index in [0.29, 0.717) is 23.1 Å². The highest BCUT2D eigenvalue weighted by Crippen LogP contribution is 2.26. The lowest BCUT2D eigenvalue weighted by Gasteiger charge is -2.15. The van der Waals surface area contributed by atoms with Gasteiger partial charge in [0.15, 0.2) is 0 Å². The minimum absolute atomic E-state index is 0.219. The fourth-order valence-electron chi connectivity index (χ4n) is 2.90. The summed E-state index contributed by atoms with van der Waals surface area (Å²) in [5.41, 5.74) is 4.29. The van der Waals surface area contributed by atoms with Gasteiger partial charge in [-0.1, -0.05) is 31.2 Å². The van der Waals surface area contributed by atoms with Crippen molar-refractivity contribution in [3.8, 4) is 0 Å². The molecule has 0 aliphatic heterocycles. The Labute approximate surface area is 158 Å². The molecule has 3 aromatic rings. The van der Waals surface area contributed by atoms with E-state index in [4.69, 9.17) is 5.11 Å². The van der Waals surface area contributed by atoms with Crippen molar-refractivity contribution in [3.63, 3.8) is 0 Å². The van der Waals surface area contributed by atoms with Gasteiger partial charge < -0.3 is 15.7 Å². The number of aromatic carboxylic acids is 1. The van der Waals surface area contributed by atoms with Crippen LogP contribution in [-0.2, 0) is 6.42 Å². The van der Waals surface area contributed by atoms with Gasteiger partial charge in [-0.25, -0.2) is 14.8 Å². The molecule has 2 aromatic carbocycles. The first-order chi connectivity index (χ1) is 13.0. The second kappa shape index (κ2) is 7.86. The molecule has 0 spiro atoms. The normalized spacial score (nSPS) is 10.5. The molecule has 3 rings (SSSR count). The first kappa shape index (κ1) is 18.4. The fraction of sp³-hybridized carbons (Fsp3) is 0.190. The Bertz CT molecular complexity index is 986. The number of anilines is 4. The lowest BCUT2D eigenvalue weighted by atomic mass is 10.1. The van der Waals surface area contributed by atoms with Crippen LogP contribution < -0.4 is 10.6 Å². The van der Waals surface area contributed by atoms with Crippen molar-refractivity contribution < 1.29 is 9.90 Å². The highest BCUT2D eigenvalue weighted by molar-refractivity contribution is 5.89. The summed E-state index contributed by atoms with van der Waals surface area (Å²) in [4.78, 5) is 20.0. The highest BCUT2D eigenvalue weighted by atomic mass is 16.4. The number of rotatable bonds is 6. The number of benzene rings is 2. The summed E-state index contributed by atoms with van der Waals surface area (Å²) >= 11 is 0. The van der Waals surface area contributed by atoms with Crippen LogP contribution in [0, 0.1) is 13.8 Å². The molecule has 27 heavy (non-hydrogen) atoms. The topological polar surface area (TPSA) is 87.1 Å². The molecule has 6 heteroatoms. The second-order valence-corrected chi connectivity index (χ2v) is 6.28. The maximum Gasteiger partial charge on any atom is 0.335 e. The lowest BCUT2D eigenvalue weighted by molar-refractivity contribution is 0.0697. The van der Waals surface area contributed by atoms with Gasteiger partial charge in [-0.3, -0.25) is 0 Å². The standard InChI is InChI=1S/C21H22N4O2/c1-4-15-8-5-7-13(2)20(15)25-19-12-18(22-14(3)23-19)24-17-10-6-9-16(11-17)21(26)27/h5-12H,4H2,1-3H3,(H,26,27)(H2,22,23,24,25). The van der Waals surface area contributed by atoms with Crippen molar-refractivity contribution >= 4 is 29.0 Å². The number of carboxylic acid groups (broad SMARTS) is 1. The molecule has 6 nitrogen and oxygen atoms in total. The van der Waals surface area contributed by atoms with Gasteiger partial charge in [-0.05, 0) is 49.6 Å². The van der Waals surface area contributed by atoms with Gasteiger partial charge in [0.1, 0.15) is 17.5 Å². The molecule has 0 aliphatic rings. The number of aromatic nitrogens is 2. The zero-order valence-electron chi connectivity index (χ0n) is 15.6. The fourth-order valence-corrected chi connectivity index (χ4v) is 2.90. The SMILES string of the molecule is CCc1cccc(C)c1Nc1cc(Nc2cccc(C(=O)O)c2)nc(C)n1. The van der Waals surface area contributed by atoms with Gasteiger partial charge >= 0.3 is 5.97 Å². The minimum Gasteiger partial charge on any atom is -0.478 e. The second-order valence-electron chi connectivity index (χ2n) is 6.28. The number of para-hydroxylation sites is 1. The van der Waals surface area contributed by atoms with Crippen LogP contribution in [0.4, 0.5) is 23.0 Å². The summed E-state index contributed by atoms with van der Waals surface area (Å²) in [6, 6.07) is 14.6. The van der Waals surface area contributed by atoms with Crippen LogP contribution in [0.3, 0.4) is 0 Å². The summed E-state index contributed by atoms with van der Waals surface area (Å²) in [5.74, 6) is 0.928. The Balaban J connectivity index is 1.89. The predicted octanol–water partition coefficient (Wildman–Crippen LogP) is 4.84. The number of carboxylic acids is 1. The van der Waals surface area contributed by atoms with Crippen LogP contribution in [-0.4, -0.2) is 21.0 Å². The van der Waals surface area contributed by atoms with Gasteiger partial charge in [0.25, 0.3) is 0 Å². The van der Waals surface area contributed by atoms with Crippen molar-refractivity contribution in [2.75, 3.05) is 10.6 Å². The molecule has 0 atom stereocenters. The van der Waals surface area contributed by atoms with Crippen molar-refractivity contribution in [1.29, 1.82) is 0 Å². The van der Waals surface area contributed by atoms with Crippen molar-refractivity contribution in [2.24, 2.45) is 0 Å². The molecule has 138 valence electrons. The lowest BCUT2D eigenvalue weighted by Crippen LogP contribution is -2.04. The third kappa shape index (κ3) is 4.41. The van der Waals surface area contributed by atoms with Crippen LogP contribution in [0.5, 0.6) is 0 Å². The van der Waals surface area contributed by atoms with Gasteiger partial charge in [0, 0.05) is 17.4 Å². The van der Waals surface area contributed by atoms with Crippen LogP contribution in [0.25, 0.3) is 0 Å². The molecule has 3 N–H and O–H groups in total. The Hall–Kier alpha value is -3.41. The van der Waals surface area contributed by atoms with Gasteiger partial charge in [0.05, 0.1) is 5.56 Å². The quantitative estimate of drug-likeness (QED) is 0.581. The van der Waals surface area contributed by atoms with E-state index in [2.05, 4.69) is 46.6 Å². The largest absolute Gasteiger partial charge is 0.478 e. The first-order valence-corrected chi connectivity index (χ1v) is 8.78. The average Bonchev–Trinajstić information content (AvgIpc) is 2.63. The minimum atomic E-state index is -0.966. The maximum atomic E-state index is 11.1. The number of aryl methyl sites for hydroxylation is 3. The smallest absolute Gasteiger partial charge is 0.335 e. The molecule has 0 radical (unpaired) electrons. The maximum absolute atomic E-state index is 11.1. The molecule has 0 fully saturated rings. The number of carbonyl (C=O) groups is 1. The Morgan fingerprint density at radius 3 is 2.41 bits per heavy atom. The molecule has 0 saturated heterocycles. The summed E-state index contributed by atoms with van der Waals surface area (Å²) < 4.78 is 0. The number of hydrogen-bond acceptors (Lipinski definition) is 5. The molecule has 0 amide bonds. The van der Waals surface area contributed by atoms with Crippen molar-refractivity contribution in [2.45, 2.75) is 27.2 Å². The van der Waals surface area contributed by atoms with Crippen molar-refractivity contribution in [3.05, 3.63) is 71.0 Å². The molecule has 0 saturated carbocycles. The summed E-state index contributed by atoms with van der Waals surface area (Å²) in [5, 5.41) is 15.7. The molecule has 1 aromatic heterocycles. The Kier molecular flexibility index (Phi) is 5.35. The monoisotopic (exact) mass is 362 g/mol. The summed E-state index contributed by atoms with van der Waals surface area (Å²) in [7, 11) is 0. The van der Waals surface area contributed by atoms with E-state index in [1.807, 2.05) is 19.1 Å². The Morgan fingerprint density at radius 1 is 1.00 bits per heavy atom. The van der Waals surface area contributed by atoms with E-state index in [0.717, 1.165) is 17.7 Å². The van der Waals surface area contributed by atoms with E-state index in [9.17, 15) is 4.79 Å². The van der Waals surface area contributed by atoms with Crippen LogP contribution in [0.15, 0.2) is 48.5 Å². The van der Waals surface area contributed by atoms with E-state index < -0.39 is 5.97 Å². The summed E-state index contributed by atoms with van der Waals surface area (Å²) in [6.45, 7) is 6.00. The van der Waals surface area contributed by atoms with E-state index >= 15 is 0 Å². The molecule has 0 aliphatic carbocycles. The molecule has 1 heterocycles. The molecule has 0 unspecified atom stereocenters. The van der Waals surface area contributed by atoms with Gasteiger partial charge in [-0.2, -0.15) is 0 Å².